The molecule has 0 aromatic rings. The minimum atomic E-state index is -0.868. The first kappa shape index (κ1) is 16.8. The summed E-state index contributed by atoms with van der Waals surface area (Å²) in [7, 11) is 0. The highest BCUT2D eigenvalue weighted by atomic mass is 16.4. The van der Waals surface area contributed by atoms with Crippen LogP contribution in [-0.4, -0.2) is 40.6 Å². The number of carboxylic acids is 1. The lowest BCUT2D eigenvalue weighted by Gasteiger charge is -2.35. The molecule has 1 aliphatic carbocycles. The number of nitrogens with zero attached hydrogens (tertiary/aromatic N) is 1. The highest BCUT2D eigenvalue weighted by Gasteiger charge is 2.28. The Balaban J connectivity index is 2.59. The molecule has 0 spiro atoms. The van der Waals surface area contributed by atoms with Crippen molar-refractivity contribution in [1.82, 2.24) is 10.2 Å². The lowest BCUT2D eigenvalue weighted by atomic mass is 9.83. The van der Waals surface area contributed by atoms with Crippen molar-refractivity contribution in [3.05, 3.63) is 0 Å². The standard InChI is InChI=1S/C15H28N2O3/c1-4-12-8-6-7-9-13(12)16-15(20)17(5-2)11(3)10-14(18)19/h11-13H,4-10H2,1-3H3,(H,16,20)(H,18,19). The van der Waals surface area contributed by atoms with E-state index in [1.165, 1.54) is 12.8 Å². The van der Waals surface area contributed by atoms with Crippen LogP contribution in [0.25, 0.3) is 0 Å². The number of carbonyl (C=O) groups excluding carboxylic acids is 1. The zero-order valence-electron chi connectivity index (χ0n) is 12.9. The van der Waals surface area contributed by atoms with E-state index in [0.717, 1.165) is 19.3 Å². The fourth-order valence-corrected chi connectivity index (χ4v) is 3.15. The van der Waals surface area contributed by atoms with E-state index in [9.17, 15) is 9.59 Å². The second-order valence-electron chi connectivity index (χ2n) is 5.74. The molecule has 5 heteroatoms. The topological polar surface area (TPSA) is 69.6 Å². The van der Waals surface area contributed by atoms with Crippen LogP contribution in [-0.2, 0) is 4.79 Å². The van der Waals surface area contributed by atoms with Gasteiger partial charge in [0.1, 0.15) is 0 Å². The van der Waals surface area contributed by atoms with Crippen molar-refractivity contribution in [3.63, 3.8) is 0 Å². The van der Waals surface area contributed by atoms with Gasteiger partial charge in [-0.3, -0.25) is 4.79 Å². The van der Waals surface area contributed by atoms with Gasteiger partial charge in [0.15, 0.2) is 0 Å². The predicted octanol–water partition coefficient (Wildman–Crippen LogP) is 2.85. The molecule has 0 radical (unpaired) electrons. The van der Waals surface area contributed by atoms with Crippen molar-refractivity contribution in [1.29, 1.82) is 0 Å². The summed E-state index contributed by atoms with van der Waals surface area (Å²) in [6.45, 7) is 6.37. The number of hydrogen-bond acceptors (Lipinski definition) is 2. The molecule has 0 saturated heterocycles. The first-order valence-electron chi connectivity index (χ1n) is 7.78. The minimum Gasteiger partial charge on any atom is -0.481 e. The summed E-state index contributed by atoms with van der Waals surface area (Å²) in [5.41, 5.74) is 0. The predicted molar refractivity (Wildman–Crippen MR) is 78.7 cm³/mol. The molecular formula is C15H28N2O3. The molecule has 1 fully saturated rings. The van der Waals surface area contributed by atoms with Gasteiger partial charge in [0, 0.05) is 18.6 Å². The van der Waals surface area contributed by atoms with Crippen LogP contribution in [0.15, 0.2) is 0 Å². The third-order valence-electron chi connectivity index (χ3n) is 4.35. The van der Waals surface area contributed by atoms with Gasteiger partial charge in [-0.05, 0) is 32.6 Å². The van der Waals surface area contributed by atoms with Gasteiger partial charge >= 0.3 is 12.0 Å². The first-order chi connectivity index (χ1) is 9.49. The molecular weight excluding hydrogens is 256 g/mol. The van der Waals surface area contributed by atoms with Gasteiger partial charge in [-0.1, -0.05) is 26.2 Å². The fourth-order valence-electron chi connectivity index (χ4n) is 3.15. The van der Waals surface area contributed by atoms with E-state index in [1.807, 2.05) is 6.92 Å². The van der Waals surface area contributed by atoms with Gasteiger partial charge in [0.2, 0.25) is 0 Å². The largest absolute Gasteiger partial charge is 0.481 e. The van der Waals surface area contributed by atoms with E-state index >= 15 is 0 Å². The quantitative estimate of drug-likeness (QED) is 0.788. The number of aliphatic carboxylic acids is 1. The maximum absolute atomic E-state index is 12.3. The molecule has 20 heavy (non-hydrogen) atoms. The van der Waals surface area contributed by atoms with Gasteiger partial charge in [0.05, 0.1) is 6.42 Å². The smallest absolute Gasteiger partial charge is 0.317 e. The summed E-state index contributed by atoms with van der Waals surface area (Å²) in [6.07, 6.45) is 5.70. The van der Waals surface area contributed by atoms with Crippen LogP contribution in [0.4, 0.5) is 4.79 Å². The number of urea groups is 1. The molecule has 1 saturated carbocycles. The number of carboxylic acid groups (broad SMARTS) is 1. The monoisotopic (exact) mass is 284 g/mol. The van der Waals surface area contributed by atoms with Crippen LogP contribution in [0, 0.1) is 5.92 Å². The van der Waals surface area contributed by atoms with Crippen molar-refractivity contribution in [2.75, 3.05) is 6.54 Å². The summed E-state index contributed by atoms with van der Waals surface area (Å²) < 4.78 is 0. The summed E-state index contributed by atoms with van der Waals surface area (Å²) in [5.74, 6) is -0.311. The first-order valence-corrected chi connectivity index (χ1v) is 7.78. The van der Waals surface area contributed by atoms with E-state index in [4.69, 9.17) is 5.11 Å². The Labute approximate surface area is 121 Å². The Hall–Kier alpha value is -1.26. The molecule has 116 valence electrons. The number of carbonyl (C=O) groups is 2. The van der Waals surface area contributed by atoms with Crippen molar-refractivity contribution >= 4 is 12.0 Å². The van der Waals surface area contributed by atoms with Crippen LogP contribution in [0.3, 0.4) is 0 Å². The molecule has 1 aliphatic rings. The van der Waals surface area contributed by atoms with E-state index < -0.39 is 5.97 Å². The number of amides is 2. The van der Waals surface area contributed by atoms with Gasteiger partial charge in [-0.2, -0.15) is 0 Å². The molecule has 2 amide bonds. The zero-order valence-corrected chi connectivity index (χ0v) is 12.9. The van der Waals surface area contributed by atoms with Gasteiger partial charge < -0.3 is 15.3 Å². The average molecular weight is 284 g/mol. The Morgan fingerprint density at radius 1 is 1.30 bits per heavy atom. The molecule has 0 aliphatic heterocycles. The van der Waals surface area contributed by atoms with Crippen molar-refractivity contribution in [3.8, 4) is 0 Å². The summed E-state index contributed by atoms with van der Waals surface area (Å²) >= 11 is 0. The van der Waals surface area contributed by atoms with Gasteiger partial charge in [-0.25, -0.2) is 4.79 Å². The molecule has 0 aromatic carbocycles. The molecule has 1 rings (SSSR count). The Morgan fingerprint density at radius 3 is 2.50 bits per heavy atom. The molecule has 3 atom stereocenters. The second kappa shape index (κ2) is 8.12. The highest BCUT2D eigenvalue weighted by molar-refractivity contribution is 5.76. The van der Waals surface area contributed by atoms with E-state index in [1.54, 1.807) is 11.8 Å². The SMILES string of the molecule is CCC1CCCCC1NC(=O)N(CC)C(C)CC(=O)O. The second-order valence-corrected chi connectivity index (χ2v) is 5.74. The maximum Gasteiger partial charge on any atom is 0.317 e. The number of hydrogen-bond donors (Lipinski definition) is 2. The van der Waals surface area contributed by atoms with Gasteiger partial charge in [-0.15, -0.1) is 0 Å². The summed E-state index contributed by atoms with van der Waals surface area (Å²) in [6, 6.07) is -0.153. The Kier molecular flexibility index (Phi) is 6.82. The van der Waals surface area contributed by atoms with Crippen LogP contribution >= 0.6 is 0 Å². The van der Waals surface area contributed by atoms with Crippen LogP contribution in [0.1, 0.15) is 59.3 Å². The van der Waals surface area contributed by atoms with Crippen molar-refractivity contribution in [2.24, 2.45) is 5.92 Å². The fraction of sp³-hybridized carbons (Fsp3) is 0.867. The maximum atomic E-state index is 12.3. The molecule has 3 unspecified atom stereocenters. The molecule has 0 aromatic heterocycles. The Bertz CT molecular complexity index is 333. The number of rotatable bonds is 6. The summed E-state index contributed by atoms with van der Waals surface area (Å²) in [4.78, 5) is 24.8. The van der Waals surface area contributed by atoms with Crippen LogP contribution in [0.2, 0.25) is 0 Å². The third-order valence-corrected chi connectivity index (χ3v) is 4.35. The average Bonchev–Trinajstić information content (AvgIpc) is 2.39. The lowest BCUT2D eigenvalue weighted by molar-refractivity contribution is -0.138. The normalized spacial score (nSPS) is 23.9. The molecule has 0 heterocycles. The number of nitrogens with one attached hydrogen (secondary N) is 1. The Morgan fingerprint density at radius 2 is 1.95 bits per heavy atom. The summed E-state index contributed by atoms with van der Waals surface area (Å²) in [5, 5.41) is 12.0. The van der Waals surface area contributed by atoms with Crippen LogP contribution < -0.4 is 5.32 Å². The minimum absolute atomic E-state index is 0.0108. The van der Waals surface area contributed by atoms with E-state index in [-0.39, 0.29) is 24.5 Å². The van der Waals surface area contributed by atoms with Crippen molar-refractivity contribution < 1.29 is 14.7 Å². The van der Waals surface area contributed by atoms with Gasteiger partial charge in [0.25, 0.3) is 0 Å². The zero-order chi connectivity index (χ0) is 15.1. The van der Waals surface area contributed by atoms with E-state index in [2.05, 4.69) is 12.2 Å². The third kappa shape index (κ3) is 4.69. The van der Waals surface area contributed by atoms with Crippen molar-refractivity contribution in [2.45, 2.75) is 71.4 Å². The molecule has 2 N–H and O–H groups in total. The van der Waals surface area contributed by atoms with E-state index in [0.29, 0.717) is 12.5 Å². The highest BCUT2D eigenvalue weighted by Crippen LogP contribution is 2.27. The lowest BCUT2D eigenvalue weighted by Crippen LogP contribution is -2.51. The molecule has 5 nitrogen and oxygen atoms in total. The van der Waals surface area contributed by atoms with Crippen LogP contribution in [0.5, 0.6) is 0 Å². The molecule has 0 bridgehead atoms.